The molecule has 2 rings (SSSR count). The largest absolute Gasteiger partial charge is 0.389 e. The molecule has 0 unspecified atom stereocenters. The Morgan fingerprint density at radius 2 is 1.95 bits per heavy atom. The maximum atomic E-state index is 12.0. The number of ether oxygens (including phenoxy) is 1. The number of likely N-dealkylation sites (N-methyl/N-ethyl adjacent to an activating group) is 1. The van der Waals surface area contributed by atoms with Crippen LogP contribution in [0.1, 0.15) is 38.5 Å². The predicted octanol–water partition coefficient (Wildman–Crippen LogP) is 0.862. The number of hydrogen-bond donors (Lipinski definition) is 1. The van der Waals surface area contributed by atoms with E-state index >= 15 is 0 Å². The van der Waals surface area contributed by atoms with Gasteiger partial charge in [0.2, 0.25) is 5.91 Å². The summed E-state index contributed by atoms with van der Waals surface area (Å²) in [7, 11) is 2.04. The molecule has 0 aromatic carbocycles. The first kappa shape index (κ1) is 15.7. The van der Waals surface area contributed by atoms with Crippen molar-refractivity contribution in [2.24, 2.45) is 0 Å². The van der Waals surface area contributed by atoms with Crippen LogP contribution < -0.4 is 0 Å². The fraction of sp³-hybridized carbons (Fsp3) is 0.933. The van der Waals surface area contributed by atoms with Crippen LogP contribution in [-0.2, 0) is 9.53 Å². The molecular weight excluding hydrogens is 256 g/mol. The second-order valence-electron chi connectivity index (χ2n) is 6.27. The average Bonchev–Trinajstić information content (AvgIpc) is 2.86. The van der Waals surface area contributed by atoms with E-state index in [0.717, 1.165) is 58.3 Å². The highest BCUT2D eigenvalue weighted by atomic mass is 16.5. The van der Waals surface area contributed by atoms with Crippen LogP contribution in [0.25, 0.3) is 0 Å². The number of carbonyl (C=O) groups excluding carboxylic acids is 1. The first-order valence-corrected chi connectivity index (χ1v) is 7.86. The molecule has 0 atom stereocenters. The van der Waals surface area contributed by atoms with E-state index < -0.39 is 5.60 Å². The number of morpholine rings is 1. The van der Waals surface area contributed by atoms with Crippen LogP contribution in [0.3, 0.4) is 0 Å². The van der Waals surface area contributed by atoms with E-state index in [9.17, 15) is 9.90 Å². The molecule has 5 heteroatoms. The van der Waals surface area contributed by atoms with Gasteiger partial charge in [0.1, 0.15) is 0 Å². The van der Waals surface area contributed by atoms with Crippen LogP contribution >= 0.6 is 0 Å². The van der Waals surface area contributed by atoms with Crippen molar-refractivity contribution >= 4 is 5.91 Å². The summed E-state index contributed by atoms with van der Waals surface area (Å²) in [6.07, 6.45) is 5.58. The minimum atomic E-state index is -0.483. The van der Waals surface area contributed by atoms with E-state index in [2.05, 4.69) is 4.90 Å². The fourth-order valence-corrected chi connectivity index (χ4v) is 3.24. The molecule has 116 valence electrons. The highest BCUT2D eigenvalue weighted by Crippen LogP contribution is 2.29. The second-order valence-corrected chi connectivity index (χ2v) is 6.27. The van der Waals surface area contributed by atoms with Gasteiger partial charge in [0.25, 0.3) is 0 Å². The Labute approximate surface area is 121 Å². The molecule has 2 aliphatic rings. The molecular formula is C15H28N2O3. The molecule has 5 nitrogen and oxygen atoms in total. The van der Waals surface area contributed by atoms with E-state index in [1.807, 2.05) is 11.9 Å². The quantitative estimate of drug-likeness (QED) is 0.786. The van der Waals surface area contributed by atoms with Gasteiger partial charge in [-0.15, -0.1) is 0 Å². The lowest BCUT2D eigenvalue weighted by Crippen LogP contribution is -2.41. The Balaban J connectivity index is 1.61. The van der Waals surface area contributed by atoms with Crippen LogP contribution in [-0.4, -0.2) is 72.9 Å². The number of rotatable bonds is 6. The number of amides is 1. The third-order valence-electron chi connectivity index (χ3n) is 4.39. The number of carbonyl (C=O) groups is 1. The molecule has 1 aliphatic heterocycles. The lowest BCUT2D eigenvalue weighted by molar-refractivity contribution is -0.135. The van der Waals surface area contributed by atoms with Gasteiger partial charge in [-0.25, -0.2) is 0 Å². The van der Waals surface area contributed by atoms with Crippen LogP contribution in [0.4, 0.5) is 0 Å². The molecule has 0 bridgehead atoms. The van der Waals surface area contributed by atoms with Gasteiger partial charge < -0.3 is 19.6 Å². The minimum absolute atomic E-state index is 0.237. The van der Waals surface area contributed by atoms with Crippen LogP contribution in [0.2, 0.25) is 0 Å². The van der Waals surface area contributed by atoms with Gasteiger partial charge >= 0.3 is 0 Å². The van der Waals surface area contributed by atoms with E-state index in [-0.39, 0.29) is 5.91 Å². The molecule has 1 saturated carbocycles. The fourth-order valence-electron chi connectivity index (χ4n) is 3.24. The molecule has 2 fully saturated rings. The lowest BCUT2D eigenvalue weighted by atomic mass is 10.0. The van der Waals surface area contributed by atoms with Crippen molar-refractivity contribution in [3.8, 4) is 0 Å². The van der Waals surface area contributed by atoms with Crippen molar-refractivity contribution in [1.29, 1.82) is 0 Å². The van der Waals surface area contributed by atoms with Gasteiger partial charge in [-0.05, 0) is 32.9 Å². The van der Waals surface area contributed by atoms with E-state index in [1.165, 1.54) is 0 Å². The topological polar surface area (TPSA) is 53.0 Å². The van der Waals surface area contributed by atoms with E-state index in [1.54, 1.807) is 0 Å². The molecule has 0 spiro atoms. The first-order chi connectivity index (χ1) is 9.59. The third-order valence-corrected chi connectivity index (χ3v) is 4.39. The van der Waals surface area contributed by atoms with Gasteiger partial charge in [0.15, 0.2) is 0 Å². The summed E-state index contributed by atoms with van der Waals surface area (Å²) in [6.45, 7) is 4.40. The van der Waals surface area contributed by atoms with Gasteiger partial charge in [-0.2, -0.15) is 0 Å². The summed E-state index contributed by atoms with van der Waals surface area (Å²) < 4.78 is 5.25. The average molecular weight is 284 g/mol. The summed E-state index contributed by atoms with van der Waals surface area (Å²) in [5.74, 6) is 0.237. The van der Waals surface area contributed by atoms with Crippen molar-refractivity contribution < 1.29 is 14.6 Å². The number of aliphatic hydroxyl groups is 1. The van der Waals surface area contributed by atoms with Crippen LogP contribution in [0.5, 0.6) is 0 Å². The summed E-state index contributed by atoms with van der Waals surface area (Å²) >= 11 is 0. The monoisotopic (exact) mass is 284 g/mol. The first-order valence-electron chi connectivity index (χ1n) is 7.86. The molecule has 0 aromatic heterocycles. The Bertz CT molecular complexity index is 310. The molecule has 0 radical (unpaired) electrons. The zero-order chi connectivity index (χ0) is 14.4. The van der Waals surface area contributed by atoms with Gasteiger partial charge in [0, 0.05) is 26.1 Å². The van der Waals surface area contributed by atoms with Crippen molar-refractivity contribution in [2.75, 3.05) is 46.4 Å². The number of nitrogens with zero attached hydrogens (tertiary/aromatic N) is 2. The predicted molar refractivity (Wildman–Crippen MR) is 77.5 cm³/mol. The molecule has 1 heterocycles. The smallest absolute Gasteiger partial charge is 0.222 e. The standard InChI is InChI=1S/C15H28N2O3/c1-16(13-15(19)6-2-3-7-15)8-4-5-14(18)17-9-11-20-12-10-17/h19H,2-13H2,1H3. The van der Waals surface area contributed by atoms with Crippen molar-refractivity contribution in [2.45, 2.75) is 44.1 Å². The van der Waals surface area contributed by atoms with Crippen molar-refractivity contribution in [3.63, 3.8) is 0 Å². The van der Waals surface area contributed by atoms with E-state index in [0.29, 0.717) is 19.6 Å². The Kier molecular flexibility index (Phi) is 5.81. The maximum Gasteiger partial charge on any atom is 0.222 e. The molecule has 0 aromatic rings. The van der Waals surface area contributed by atoms with Crippen LogP contribution in [0.15, 0.2) is 0 Å². The van der Waals surface area contributed by atoms with Crippen molar-refractivity contribution in [1.82, 2.24) is 9.80 Å². The zero-order valence-corrected chi connectivity index (χ0v) is 12.6. The maximum absolute atomic E-state index is 12.0. The Morgan fingerprint density at radius 1 is 1.30 bits per heavy atom. The normalized spacial score (nSPS) is 22.4. The molecule has 1 saturated heterocycles. The lowest BCUT2D eigenvalue weighted by Gasteiger charge is -2.29. The third kappa shape index (κ3) is 4.72. The van der Waals surface area contributed by atoms with Gasteiger partial charge in [0.05, 0.1) is 18.8 Å². The number of hydrogen-bond acceptors (Lipinski definition) is 4. The zero-order valence-electron chi connectivity index (χ0n) is 12.6. The summed E-state index contributed by atoms with van der Waals surface area (Å²) in [4.78, 5) is 16.1. The Hall–Kier alpha value is -0.650. The molecule has 1 aliphatic carbocycles. The van der Waals surface area contributed by atoms with Crippen LogP contribution in [0, 0.1) is 0 Å². The van der Waals surface area contributed by atoms with Crippen molar-refractivity contribution in [3.05, 3.63) is 0 Å². The summed E-state index contributed by atoms with van der Waals surface area (Å²) in [6, 6.07) is 0. The molecule has 20 heavy (non-hydrogen) atoms. The van der Waals surface area contributed by atoms with Gasteiger partial charge in [-0.3, -0.25) is 4.79 Å². The second kappa shape index (κ2) is 7.38. The highest BCUT2D eigenvalue weighted by Gasteiger charge is 2.31. The molecule has 1 amide bonds. The minimum Gasteiger partial charge on any atom is -0.389 e. The summed E-state index contributed by atoms with van der Waals surface area (Å²) in [5.41, 5.74) is -0.483. The summed E-state index contributed by atoms with van der Waals surface area (Å²) in [5, 5.41) is 10.3. The highest BCUT2D eigenvalue weighted by molar-refractivity contribution is 5.76. The SMILES string of the molecule is CN(CCCC(=O)N1CCOCC1)CC1(O)CCCC1. The van der Waals surface area contributed by atoms with Gasteiger partial charge in [-0.1, -0.05) is 12.8 Å². The van der Waals surface area contributed by atoms with E-state index in [4.69, 9.17) is 4.74 Å². The Morgan fingerprint density at radius 3 is 2.60 bits per heavy atom. The molecule has 1 N–H and O–H groups in total.